The molecule has 58 heavy (non-hydrogen) atoms. The summed E-state index contributed by atoms with van der Waals surface area (Å²) in [5.74, 6) is 0.745. The number of nitrogens with one attached hydrogen (secondary N) is 3. The maximum absolute atomic E-state index is 11.5. The first-order valence-corrected chi connectivity index (χ1v) is 23.8. The minimum atomic E-state index is -4.84. The largest absolute Gasteiger partial charge is 0.588 e. The minimum Gasteiger partial charge on any atom is -0.588 e. The molecular weight excluding hydrogens is 891 g/mol. The molecule has 0 aliphatic carbocycles. The van der Waals surface area contributed by atoms with Crippen molar-refractivity contribution in [1.29, 1.82) is 16.2 Å². The van der Waals surface area contributed by atoms with Gasteiger partial charge in [0.2, 0.25) is 0 Å². The normalized spacial score (nSPS) is 14.0. The lowest BCUT2D eigenvalue weighted by molar-refractivity contribution is -0.378. The van der Waals surface area contributed by atoms with Crippen molar-refractivity contribution in [3.63, 3.8) is 0 Å². The van der Waals surface area contributed by atoms with E-state index in [9.17, 15) is 37.5 Å². The number of phosphoric ester groups is 3. The topological polar surface area (TPSA) is 579 Å². The van der Waals surface area contributed by atoms with Crippen molar-refractivity contribution < 1.29 is 108 Å². The smallest absolute Gasteiger partial charge is 0.561 e. The van der Waals surface area contributed by atoms with Gasteiger partial charge in [-0.15, -0.1) is 0 Å². The lowest BCUT2D eigenvalue weighted by atomic mass is 10.1. The van der Waals surface area contributed by atoms with Crippen molar-refractivity contribution in [1.82, 2.24) is 14.7 Å². The van der Waals surface area contributed by atoms with Crippen molar-refractivity contribution >= 4 is 62.2 Å². The van der Waals surface area contributed by atoms with Crippen LogP contribution in [0.3, 0.4) is 0 Å². The molecule has 0 rings (SSSR count). The molecule has 27 N–H and O–H groups in total. The van der Waals surface area contributed by atoms with Crippen molar-refractivity contribution in [2.24, 2.45) is 29.0 Å². The summed E-state index contributed by atoms with van der Waals surface area (Å²) in [5.41, 5.74) is 22.6. The Kier molecular flexibility index (Phi) is 41.5. The Balaban J connectivity index is -0.000000162. The molecule has 0 aromatic heterocycles. The third-order valence-electron chi connectivity index (χ3n) is 6.01. The number of hydrogen-bond donors (Lipinski definition) is 17. The van der Waals surface area contributed by atoms with Crippen LogP contribution in [0.15, 0.2) is 0 Å². The summed E-state index contributed by atoms with van der Waals surface area (Å²) in [4.78, 5) is 63.4. The summed E-state index contributed by atoms with van der Waals surface area (Å²) in [6, 6.07) is 0. The van der Waals surface area contributed by atoms with E-state index in [0.29, 0.717) is 18.4 Å². The van der Waals surface area contributed by atoms with E-state index in [1.807, 2.05) is 6.92 Å². The number of likely N-dealkylation sites (N-methyl/N-ethyl adjacent to an activating group) is 3. The van der Waals surface area contributed by atoms with Crippen LogP contribution in [-0.2, 0) is 40.7 Å². The average Bonchev–Trinajstić information content (AvgIpc) is 3.04. The van der Waals surface area contributed by atoms with Crippen molar-refractivity contribution in [3.05, 3.63) is 0 Å². The van der Waals surface area contributed by atoms with Gasteiger partial charge < -0.3 is 77.8 Å². The molecule has 0 bridgehead atoms. The zero-order chi connectivity index (χ0) is 46.4. The molecule has 0 spiro atoms. The first-order valence-electron chi connectivity index (χ1n) is 15.8. The summed E-state index contributed by atoms with van der Waals surface area (Å²) in [5, 5.41) is 43.1. The van der Waals surface area contributed by atoms with Gasteiger partial charge in [0.15, 0.2) is 17.9 Å². The quantitative estimate of drug-likeness (QED) is 0.0289. The van der Waals surface area contributed by atoms with Crippen LogP contribution in [0.5, 0.6) is 0 Å². The highest BCUT2D eigenvalue weighted by Crippen LogP contribution is 2.60. The van der Waals surface area contributed by atoms with Crippen molar-refractivity contribution in [2.45, 2.75) is 26.7 Å². The van der Waals surface area contributed by atoms with E-state index in [1.54, 1.807) is 0 Å². The molecule has 0 saturated heterocycles. The Bertz CT molecular complexity index is 1340. The van der Waals surface area contributed by atoms with Crippen LogP contribution in [0, 0.1) is 28.1 Å². The predicted molar refractivity (Wildman–Crippen MR) is 207 cm³/mol. The van der Waals surface area contributed by atoms with Gasteiger partial charge in [0.05, 0.1) is 32.3 Å². The van der Waals surface area contributed by atoms with Crippen molar-refractivity contribution in [3.8, 4) is 0 Å². The third-order valence-corrected chi connectivity index (χ3v) is 10.9. The Hall–Kier alpha value is -2.14. The fourth-order valence-electron chi connectivity index (χ4n) is 2.17. The first-order chi connectivity index (χ1) is 25.6. The molecule has 0 aliphatic heterocycles. The Labute approximate surface area is 336 Å². The van der Waals surface area contributed by atoms with E-state index >= 15 is 0 Å². The molecule has 0 radical (unpaired) electrons. The van der Waals surface area contributed by atoms with E-state index in [1.165, 1.54) is 35.8 Å². The molecule has 0 aliphatic rings. The molecule has 5 unspecified atom stereocenters. The van der Waals surface area contributed by atoms with Gasteiger partial charge in [0.25, 0.3) is 0 Å². The molecule has 0 amide bonds. The lowest BCUT2D eigenvalue weighted by Crippen LogP contribution is -2.72. The number of hydrogen-bond acceptors (Lipinski definition) is 15. The maximum Gasteiger partial charge on any atom is 0.561 e. The van der Waals surface area contributed by atoms with Gasteiger partial charge in [-0.1, -0.05) is 11.5 Å². The minimum absolute atomic E-state index is 0. The second kappa shape index (κ2) is 35.6. The van der Waals surface area contributed by atoms with Gasteiger partial charge in [-0.25, -0.2) is 23.7 Å². The van der Waals surface area contributed by atoms with Crippen LogP contribution < -0.4 is 39.0 Å². The van der Waals surface area contributed by atoms with E-state index in [4.69, 9.17) is 68.6 Å². The zero-order valence-corrected chi connectivity index (χ0v) is 37.4. The van der Waals surface area contributed by atoms with E-state index < -0.39 is 38.5 Å². The zero-order valence-electron chi connectivity index (χ0n) is 32.9. The van der Waals surface area contributed by atoms with Crippen LogP contribution in [0.25, 0.3) is 0 Å². The Morgan fingerprint density at radius 2 is 1.05 bits per heavy atom. The second-order valence-corrected chi connectivity index (χ2v) is 19.4. The van der Waals surface area contributed by atoms with Gasteiger partial charge in [-0.3, -0.25) is 45.3 Å². The molecule has 0 aromatic carbocycles. The Morgan fingerprint density at radius 3 is 1.22 bits per heavy atom. The van der Waals surface area contributed by atoms with Crippen molar-refractivity contribution in [2.75, 3.05) is 80.4 Å². The lowest BCUT2D eigenvalue weighted by Gasteiger charge is -2.20. The number of nitrogens with zero attached hydrogens (tertiary/aromatic N) is 3. The fourth-order valence-corrected chi connectivity index (χ4v) is 4.53. The van der Waals surface area contributed by atoms with Gasteiger partial charge >= 0.3 is 44.3 Å². The number of rotatable bonds is 21. The van der Waals surface area contributed by atoms with E-state index in [0.717, 1.165) is 19.4 Å². The molecule has 31 nitrogen and oxygen atoms in total. The summed E-state index contributed by atoms with van der Waals surface area (Å²) < 4.78 is 69.1. The van der Waals surface area contributed by atoms with Crippen LogP contribution in [0.1, 0.15) is 26.7 Å². The summed E-state index contributed by atoms with van der Waals surface area (Å²) in [7, 11) is -18.0. The number of nitrogens with two attached hydrogens (primary N) is 4. The number of guanidine groups is 3. The number of amidine groups is 1. The number of quaternary nitrogens is 2. The first kappa shape index (κ1) is 67.6. The monoisotopic (exact) mass is 957 g/mol. The third kappa shape index (κ3) is 50.0. The molecule has 350 valence electrons. The number of aliphatic hydroxyl groups excluding tert-OH is 2. The maximum atomic E-state index is 11.5. The SMILES string of the molecule is CC(CCO)C(=[NH2+])[NH3+].CC(C[NH3+])CCO.CN(CCOP(=O)(O)O)C(=N)N.CN(CCOP(=O)(O)OP(=O)(O)OCCN(C)C(=N)N)C(=N)N.O.O=[P+]([O-])P(=O)(O)O. The second-order valence-electron chi connectivity index (χ2n) is 11.1. The van der Waals surface area contributed by atoms with Gasteiger partial charge in [-0.2, -0.15) is 4.31 Å². The summed E-state index contributed by atoms with van der Waals surface area (Å²) in [6.45, 7) is 4.68. The molecule has 0 aromatic rings. The highest BCUT2D eigenvalue weighted by molar-refractivity contribution is 8.19. The highest BCUT2D eigenvalue weighted by atomic mass is 32.1. The van der Waals surface area contributed by atoms with Gasteiger partial charge in [-0.05, 0) is 19.8 Å². The predicted octanol–water partition coefficient (Wildman–Crippen LogP) is -7.18. The Morgan fingerprint density at radius 1 is 0.759 bits per heavy atom. The van der Waals surface area contributed by atoms with Gasteiger partial charge in [0.1, 0.15) is 0 Å². The number of phosphoric acid groups is 3. The average molecular weight is 958 g/mol. The fraction of sp³-hybridized carbons (Fsp3) is 0.818. The molecule has 0 saturated carbocycles. The molecule has 36 heteroatoms. The van der Waals surface area contributed by atoms with Crippen LogP contribution in [0.2, 0.25) is 0 Å². The van der Waals surface area contributed by atoms with E-state index in [-0.39, 0.29) is 75.3 Å². The summed E-state index contributed by atoms with van der Waals surface area (Å²) in [6.07, 6.45) is 1.61. The highest BCUT2D eigenvalue weighted by Gasteiger charge is 2.35. The standard InChI is InChI=1S/C8H22N6O7P2.C5H12N2O.C5H13NO.C4H12N3O4P.H2O5P2.H2O/c1-13(7(9)10)3-5-19-22(15,16)21-23(17,18)20-6-4-14(2)8(11)12;1-4(2-3-8)5(6)7;1-5(4-6)2-3-7;1-7(4(5)6)2-3-11-12(8,9)10;1-6(2)7(3,4)5;/h3-6H2,1-2H3,(H3,9,10)(H3,11,12)(H,15,16)(H,17,18);4,8H,2-3H2,1H3,(H3,6,7);5,7H,2-4,6H2,1H3;2-3H2,1H3,(H3,5,6)(H2,8,9,10);(H2,3,4,5);1H2/p+3. The van der Waals surface area contributed by atoms with Crippen LogP contribution in [-0.4, -0.2) is 164 Å². The molecular formula is C22H66N12O19P5+3. The van der Waals surface area contributed by atoms with Gasteiger partial charge in [0, 0.05) is 59.9 Å². The molecule has 0 heterocycles. The van der Waals surface area contributed by atoms with Crippen LogP contribution >= 0.6 is 38.5 Å². The van der Waals surface area contributed by atoms with E-state index in [2.05, 4.69) is 36.3 Å². The molecule has 0 fully saturated rings. The molecule has 5 atom stereocenters. The summed E-state index contributed by atoms with van der Waals surface area (Å²) >= 11 is 0. The number of aliphatic hydroxyl groups is 2. The van der Waals surface area contributed by atoms with Crippen LogP contribution in [0.4, 0.5) is 0 Å².